The van der Waals surface area contributed by atoms with E-state index in [0.717, 1.165) is 22.8 Å². The molecule has 0 aliphatic carbocycles. The smallest absolute Gasteiger partial charge is 0.408 e. The fourth-order valence-electron chi connectivity index (χ4n) is 3.64. The van der Waals surface area contributed by atoms with Crippen LogP contribution in [0.4, 0.5) is 4.79 Å². The summed E-state index contributed by atoms with van der Waals surface area (Å²) in [5.74, 6) is -0.0468. The Morgan fingerprint density at radius 3 is 2.35 bits per heavy atom. The third-order valence-corrected chi connectivity index (χ3v) is 5.74. The van der Waals surface area contributed by atoms with Crippen molar-refractivity contribution in [2.75, 3.05) is 7.05 Å². The first-order valence-corrected chi connectivity index (χ1v) is 11.8. The van der Waals surface area contributed by atoms with E-state index < -0.39 is 35.6 Å². The number of amides is 3. The Hall–Kier alpha value is -4.34. The third kappa shape index (κ3) is 7.09. The van der Waals surface area contributed by atoms with Gasteiger partial charge in [0.25, 0.3) is 0 Å². The molecule has 2 unspecified atom stereocenters. The summed E-state index contributed by atoms with van der Waals surface area (Å²) in [5, 5.41) is 3.43. The SMILES string of the molecule is CC(C(N)=O)N(C)C(=O)C(Cc1c[nH]c2ccc(Oc3ccc(C=O)cc3)cc12)NC(=O)OC(C)(C)C. The number of carbonyl (C=O) groups is 4. The second kappa shape index (κ2) is 11.2. The Morgan fingerprint density at radius 1 is 1.11 bits per heavy atom. The maximum Gasteiger partial charge on any atom is 0.408 e. The summed E-state index contributed by atoms with van der Waals surface area (Å²) < 4.78 is 11.3. The number of alkyl carbamates (subject to hydrolysis) is 1. The van der Waals surface area contributed by atoms with Crippen molar-refractivity contribution in [1.29, 1.82) is 0 Å². The van der Waals surface area contributed by atoms with E-state index in [9.17, 15) is 19.2 Å². The van der Waals surface area contributed by atoms with Gasteiger partial charge in [0.05, 0.1) is 0 Å². The number of rotatable bonds is 9. The molecule has 4 N–H and O–H groups in total. The van der Waals surface area contributed by atoms with E-state index in [1.807, 2.05) is 12.1 Å². The molecule has 0 radical (unpaired) electrons. The van der Waals surface area contributed by atoms with Crippen LogP contribution in [-0.4, -0.2) is 58.8 Å². The van der Waals surface area contributed by atoms with Gasteiger partial charge >= 0.3 is 6.09 Å². The van der Waals surface area contributed by atoms with Gasteiger partial charge in [-0.25, -0.2) is 4.79 Å². The van der Waals surface area contributed by atoms with E-state index in [0.29, 0.717) is 17.1 Å². The Kier molecular flexibility index (Phi) is 8.21. The number of hydrogen-bond donors (Lipinski definition) is 3. The minimum Gasteiger partial charge on any atom is -0.457 e. The zero-order valence-electron chi connectivity index (χ0n) is 21.5. The van der Waals surface area contributed by atoms with Crippen LogP contribution in [0.1, 0.15) is 43.6 Å². The van der Waals surface area contributed by atoms with Gasteiger partial charge in [0.1, 0.15) is 35.5 Å². The van der Waals surface area contributed by atoms with Gasteiger partial charge in [-0.05, 0) is 75.7 Å². The molecule has 37 heavy (non-hydrogen) atoms. The second-order valence-electron chi connectivity index (χ2n) is 9.74. The number of benzene rings is 2. The first kappa shape index (κ1) is 27.3. The lowest BCUT2D eigenvalue weighted by atomic mass is 10.0. The summed E-state index contributed by atoms with van der Waals surface area (Å²) in [6.45, 7) is 6.68. The van der Waals surface area contributed by atoms with E-state index in [1.165, 1.54) is 18.9 Å². The van der Waals surface area contributed by atoms with Gasteiger partial charge in [0.15, 0.2) is 0 Å². The molecule has 196 valence electrons. The van der Waals surface area contributed by atoms with Crippen molar-refractivity contribution in [2.45, 2.75) is 51.8 Å². The lowest BCUT2D eigenvalue weighted by Gasteiger charge is -2.28. The molecule has 0 aliphatic rings. The zero-order valence-corrected chi connectivity index (χ0v) is 21.5. The van der Waals surface area contributed by atoms with Crippen LogP contribution in [0.2, 0.25) is 0 Å². The molecule has 1 aromatic heterocycles. The highest BCUT2D eigenvalue weighted by Crippen LogP contribution is 2.28. The molecule has 3 rings (SSSR count). The molecule has 0 aliphatic heterocycles. The first-order chi connectivity index (χ1) is 17.4. The summed E-state index contributed by atoms with van der Waals surface area (Å²) in [7, 11) is 1.46. The number of carbonyl (C=O) groups excluding carboxylic acids is 4. The Labute approximate surface area is 215 Å². The van der Waals surface area contributed by atoms with Crippen molar-refractivity contribution in [1.82, 2.24) is 15.2 Å². The van der Waals surface area contributed by atoms with E-state index in [2.05, 4.69) is 10.3 Å². The zero-order chi connectivity index (χ0) is 27.3. The molecular formula is C27H32N4O6. The summed E-state index contributed by atoms with van der Waals surface area (Å²) >= 11 is 0. The number of fused-ring (bicyclic) bond motifs is 1. The number of likely N-dealkylation sites (N-methyl/N-ethyl adjacent to an activating group) is 1. The van der Waals surface area contributed by atoms with Crippen LogP contribution in [0.5, 0.6) is 11.5 Å². The monoisotopic (exact) mass is 508 g/mol. The third-order valence-electron chi connectivity index (χ3n) is 5.74. The van der Waals surface area contributed by atoms with Crippen LogP contribution < -0.4 is 15.8 Å². The van der Waals surface area contributed by atoms with Crippen molar-refractivity contribution in [3.8, 4) is 11.5 Å². The number of hydrogen-bond acceptors (Lipinski definition) is 6. The standard InChI is InChI=1S/C27H32N4O6/c1-16(24(28)33)31(5)25(34)23(30-26(35)37-27(2,3)4)12-18-14-29-22-11-10-20(13-21(18)22)36-19-8-6-17(15-32)7-9-19/h6-11,13-16,23,29H,12H2,1-5H3,(H2,28,33)(H,30,35). The molecule has 2 aromatic carbocycles. The lowest BCUT2D eigenvalue weighted by molar-refractivity contribution is -0.138. The molecule has 3 aromatic rings. The highest BCUT2D eigenvalue weighted by molar-refractivity contribution is 5.92. The molecule has 0 saturated heterocycles. The fourth-order valence-corrected chi connectivity index (χ4v) is 3.64. The van der Waals surface area contributed by atoms with Gasteiger partial charge < -0.3 is 30.4 Å². The summed E-state index contributed by atoms with van der Waals surface area (Å²) in [4.78, 5) is 52.8. The number of nitrogens with zero attached hydrogens (tertiary/aromatic N) is 1. The lowest BCUT2D eigenvalue weighted by Crippen LogP contribution is -2.54. The number of ether oxygens (including phenoxy) is 2. The molecule has 0 saturated carbocycles. The summed E-state index contributed by atoms with van der Waals surface area (Å²) in [5.41, 5.74) is 6.71. The Morgan fingerprint density at radius 2 is 1.76 bits per heavy atom. The number of nitrogens with two attached hydrogens (primary N) is 1. The molecule has 0 bridgehead atoms. The molecule has 0 spiro atoms. The van der Waals surface area contributed by atoms with E-state index in [1.54, 1.807) is 57.3 Å². The number of aldehydes is 1. The van der Waals surface area contributed by atoms with Crippen LogP contribution in [0.15, 0.2) is 48.7 Å². The largest absolute Gasteiger partial charge is 0.457 e. The molecular weight excluding hydrogens is 476 g/mol. The van der Waals surface area contributed by atoms with Gasteiger partial charge in [-0.1, -0.05) is 0 Å². The molecule has 10 nitrogen and oxygen atoms in total. The van der Waals surface area contributed by atoms with E-state index in [-0.39, 0.29) is 6.42 Å². The Balaban J connectivity index is 1.89. The summed E-state index contributed by atoms with van der Waals surface area (Å²) in [6, 6.07) is 10.3. The summed E-state index contributed by atoms with van der Waals surface area (Å²) in [6.07, 6.45) is 1.87. The minimum absolute atomic E-state index is 0.116. The van der Waals surface area contributed by atoms with Crippen LogP contribution >= 0.6 is 0 Å². The Bertz CT molecular complexity index is 1290. The van der Waals surface area contributed by atoms with E-state index in [4.69, 9.17) is 15.2 Å². The number of nitrogens with one attached hydrogen (secondary N) is 2. The first-order valence-electron chi connectivity index (χ1n) is 11.8. The van der Waals surface area contributed by atoms with Crippen molar-refractivity contribution in [3.63, 3.8) is 0 Å². The topological polar surface area (TPSA) is 144 Å². The minimum atomic E-state index is -1.03. The van der Waals surface area contributed by atoms with Crippen LogP contribution in [0.25, 0.3) is 10.9 Å². The van der Waals surface area contributed by atoms with Crippen LogP contribution in [0, 0.1) is 0 Å². The molecule has 1 heterocycles. The highest BCUT2D eigenvalue weighted by Gasteiger charge is 2.31. The van der Waals surface area contributed by atoms with Gasteiger partial charge in [-0.15, -0.1) is 0 Å². The van der Waals surface area contributed by atoms with Crippen molar-refractivity contribution in [3.05, 3.63) is 59.8 Å². The fraction of sp³-hybridized carbons (Fsp3) is 0.333. The van der Waals surface area contributed by atoms with Crippen molar-refractivity contribution in [2.24, 2.45) is 5.73 Å². The van der Waals surface area contributed by atoms with Crippen molar-refractivity contribution >= 4 is 35.1 Å². The number of aromatic nitrogens is 1. The van der Waals surface area contributed by atoms with E-state index >= 15 is 0 Å². The number of primary amides is 1. The van der Waals surface area contributed by atoms with Gasteiger partial charge in [-0.2, -0.15) is 0 Å². The van der Waals surface area contributed by atoms with Gasteiger partial charge in [0.2, 0.25) is 11.8 Å². The molecule has 0 fully saturated rings. The van der Waals surface area contributed by atoms with Crippen molar-refractivity contribution < 1.29 is 28.7 Å². The normalized spacial score (nSPS) is 12.9. The quantitative estimate of drug-likeness (QED) is 0.377. The molecule has 10 heteroatoms. The van der Waals surface area contributed by atoms with Crippen LogP contribution in [-0.2, 0) is 20.7 Å². The average molecular weight is 509 g/mol. The van der Waals surface area contributed by atoms with Crippen LogP contribution in [0.3, 0.4) is 0 Å². The van der Waals surface area contributed by atoms with Gasteiger partial charge in [0, 0.05) is 36.1 Å². The number of aromatic amines is 1. The van der Waals surface area contributed by atoms with Gasteiger partial charge in [-0.3, -0.25) is 14.4 Å². The number of H-pyrrole nitrogens is 1. The maximum absolute atomic E-state index is 13.3. The second-order valence-corrected chi connectivity index (χ2v) is 9.74. The predicted molar refractivity (Wildman–Crippen MR) is 138 cm³/mol. The molecule has 2 atom stereocenters. The maximum atomic E-state index is 13.3. The predicted octanol–water partition coefficient (Wildman–Crippen LogP) is 3.54. The average Bonchev–Trinajstić information content (AvgIpc) is 3.23. The highest BCUT2D eigenvalue weighted by atomic mass is 16.6. The molecule has 3 amide bonds.